The van der Waals surface area contributed by atoms with Gasteiger partial charge in [-0.15, -0.1) is 0 Å². The van der Waals surface area contributed by atoms with Crippen LogP contribution in [0.5, 0.6) is 5.88 Å². The molecule has 0 saturated carbocycles. The minimum atomic E-state index is -0.829. The summed E-state index contributed by atoms with van der Waals surface area (Å²) in [5, 5.41) is 2.38. The number of halogens is 2. The number of hydrogen-bond acceptors (Lipinski definition) is 4. The van der Waals surface area contributed by atoms with Crippen molar-refractivity contribution in [3.63, 3.8) is 0 Å². The third-order valence-corrected chi connectivity index (χ3v) is 4.49. The van der Waals surface area contributed by atoms with Crippen molar-refractivity contribution in [3.05, 3.63) is 53.7 Å². The summed E-state index contributed by atoms with van der Waals surface area (Å²) in [4.78, 5) is 16.1. The van der Waals surface area contributed by atoms with Crippen molar-refractivity contribution in [1.29, 1.82) is 0 Å². The number of pyridine rings is 1. The Kier molecular flexibility index (Phi) is 4.76. The number of carbonyl (C=O) groups excluding carboxylic acids is 1. The van der Waals surface area contributed by atoms with E-state index in [1.54, 1.807) is 12.1 Å². The second kappa shape index (κ2) is 6.95. The third kappa shape index (κ3) is 3.98. The van der Waals surface area contributed by atoms with E-state index in [1.165, 1.54) is 12.3 Å². The molecule has 0 radical (unpaired) electrons. The first-order valence-corrected chi connectivity index (χ1v) is 8.24. The zero-order chi connectivity index (χ0) is 16.2. The molecule has 3 rings (SSSR count). The minimum Gasteiger partial charge on any atom is -0.473 e. The number of amides is 1. The van der Waals surface area contributed by atoms with Gasteiger partial charge in [0.1, 0.15) is 17.7 Å². The summed E-state index contributed by atoms with van der Waals surface area (Å²) in [5.74, 6) is 0.425. The number of nitrogens with one attached hydrogen (secondary N) is 1. The molecule has 1 aliphatic rings. The van der Waals surface area contributed by atoms with Gasteiger partial charge in [0.05, 0.1) is 11.3 Å². The maximum atomic E-state index is 13.5. The fourth-order valence-electron chi connectivity index (χ4n) is 2.15. The van der Waals surface area contributed by atoms with Crippen molar-refractivity contribution < 1.29 is 18.3 Å². The van der Waals surface area contributed by atoms with Gasteiger partial charge in [-0.3, -0.25) is 4.79 Å². The summed E-state index contributed by atoms with van der Waals surface area (Å²) in [6, 6.07) is 6.13. The number of hydrogen-bond donors (Lipinski definition) is 1. The van der Waals surface area contributed by atoms with Crippen LogP contribution in [0.25, 0.3) is 0 Å². The molecule has 2 heterocycles. The Morgan fingerprint density at radius 1 is 1.30 bits per heavy atom. The molecule has 0 bridgehead atoms. The van der Waals surface area contributed by atoms with Gasteiger partial charge in [0, 0.05) is 24.1 Å². The number of anilines is 1. The first-order chi connectivity index (χ1) is 11.1. The van der Waals surface area contributed by atoms with Crippen molar-refractivity contribution in [2.24, 2.45) is 0 Å². The third-order valence-electron chi connectivity index (χ3n) is 3.35. The molecule has 1 aromatic carbocycles. The number of rotatable bonds is 4. The first-order valence-electron chi connectivity index (χ1n) is 7.08. The van der Waals surface area contributed by atoms with Crippen molar-refractivity contribution in [2.45, 2.75) is 12.5 Å². The summed E-state index contributed by atoms with van der Waals surface area (Å²) >= 11 is 1.83. The molecular formula is C16H14F2N2O2S. The molecule has 1 aliphatic heterocycles. The zero-order valence-corrected chi connectivity index (χ0v) is 12.9. The van der Waals surface area contributed by atoms with E-state index >= 15 is 0 Å². The van der Waals surface area contributed by atoms with Gasteiger partial charge in [-0.2, -0.15) is 11.8 Å². The number of aromatic nitrogens is 1. The second-order valence-electron chi connectivity index (χ2n) is 5.07. The number of carbonyl (C=O) groups is 1. The maximum absolute atomic E-state index is 13.5. The lowest BCUT2D eigenvalue weighted by Gasteiger charge is -2.11. The summed E-state index contributed by atoms with van der Waals surface area (Å²) in [6.07, 6.45) is 2.51. The molecule has 1 fully saturated rings. The normalized spacial score (nSPS) is 17.0. The molecule has 23 heavy (non-hydrogen) atoms. The van der Waals surface area contributed by atoms with Crippen molar-refractivity contribution in [1.82, 2.24) is 4.98 Å². The Morgan fingerprint density at radius 2 is 2.17 bits per heavy atom. The number of benzene rings is 1. The lowest BCUT2D eigenvalue weighted by molar-refractivity contribution is 0.102. The van der Waals surface area contributed by atoms with E-state index in [2.05, 4.69) is 10.3 Å². The topological polar surface area (TPSA) is 51.2 Å². The van der Waals surface area contributed by atoms with Crippen LogP contribution in [-0.4, -0.2) is 28.5 Å². The van der Waals surface area contributed by atoms with Gasteiger partial charge in [0.15, 0.2) is 0 Å². The van der Waals surface area contributed by atoms with E-state index in [0.717, 1.165) is 24.0 Å². The Balaban J connectivity index is 1.65. The quantitative estimate of drug-likeness (QED) is 0.928. The molecule has 1 aromatic heterocycles. The van der Waals surface area contributed by atoms with Crippen LogP contribution in [0.15, 0.2) is 36.5 Å². The number of thioether (sulfide) groups is 1. The van der Waals surface area contributed by atoms with Crippen molar-refractivity contribution in [3.8, 4) is 5.88 Å². The summed E-state index contributed by atoms with van der Waals surface area (Å²) in [6.45, 7) is 0. The fraction of sp³-hybridized carbons (Fsp3) is 0.250. The van der Waals surface area contributed by atoms with E-state index in [9.17, 15) is 13.6 Å². The molecule has 1 saturated heterocycles. The second-order valence-corrected chi connectivity index (χ2v) is 6.22. The van der Waals surface area contributed by atoms with Gasteiger partial charge >= 0.3 is 0 Å². The Morgan fingerprint density at radius 3 is 2.83 bits per heavy atom. The van der Waals surface area contributed by atoms with Gasteiger partial charge in [-0.25, -0.2) is 13.8 Å². The molecule has 2 aromatic rings. The van der Waals surface area contributed by atoms with Gasteiger partial charge in [0.2, 0.25) is 5.88 Å². The van der Waals surface area contributed by atoms with Crippen LogP contribution in [0.1, 0.15) is 16.8 Å². The number of ether oxygens (including phenoxy) is 1. The zero-order valence-electron chi connectivity index (χ0n) is 12.1. The maximum Gasteiger partial charge on any atom is 0.257 e. The van der Waals surface area contributed by atoms with Crippen LogP contribution in [0, 0.1) is 11.6 Å². The molecule has 1 amide bonds. The van der Waals surface area contributed by atoms with Gasteiger partial charge < -0.3 is 10.1 Å². The van der Waals surface area contributed by atoms with Crippen LogP contribution >= 0.6 is 11.8 Å². The highest BCUT2D eigenvalue weighted by molar-refractivity contribution is 7.99. The molecular weight excluding hydrogens is 322 g/mol. The predicted octanol–water partition coefficient (Wildman–Crippen LogP) is 3.50. The van der Waals surface area contributed by atoms with E-state index in [0.29, 0.717) is 11.9 Å². The van der Waals surface area contributed by atoms with Crippen molar-refractivity contribution >= 4 is 23.4 Å². The largest absolute Gasteiger partial charge is 0.473 e. The molecule has 1 N–H and O–H groups in total. The molecule has 1 unspecified atom stereocenters. The SMILES string of the molecule is O=C(Nc1ccc(F)cc1F)c1ccc(OC2CCSC2)nc1. The standard InChI is InChI=1S/C16H14F2N2O2S/c17-11-2-3-14(13(18)7-11)20-16(21)10-1-4-15(19-8-10)22-12-5-6-23-9-12/h1-4,7-8,12H,5-6,9H2,(H,20,21). The average Bonchev–Trinajstić information content (AvgIpc) is 3.04. The Labute approximate surface area is 136 Å². The lowest BCUT2D eigenvalue weighted by atomic mass is 10.2. The highest BCUT2D eigenvalue weighted by Gasteiger charge is 2.18. The highest BCUT2D eigenvalue weighted by Crippen LogP contribution is 2.22. The summed E-state index contributed by atoms with van der Waals surface area (Å²) < 4.78 is 32.1. The number of nitrogens with zero attached hydrogens (tertiary/aromatic N) is 1. The van der Waals surface area contributed by atoms with Gasteiger partial charge in [0.25, 0.3) is 5.91 Å². The smallest absolute Gasteiger partial charge is 0.257 e. The van der Waals surface area contributed by atoms with Crippen LogP contribution in [-0.2, 0) is 0 Å². The Hall–Kier alpha value is -2.15. The molecule has 120 valence electrons. The highest BCUT2D eigenvalue weighted by atomic mass is 32.2. The lowest BCUT2D eigenvalue weighted by Crippen LogP contribution is -2.16. The van der Waals surface area contributed by atoms with Crippen LogP contribution < -0.4 is 10.1 Å². The van der Waals surface area contributed by atoms with E-state index < -0.39 is 17.5 Å². The summed E-state index contributed by atoms with van der Waals surface area (Å²) in [7, 11) is 0. The summed E-state index contributed by atoms with van der Waals surface area (Å²) in [5.41, 5.74) is 0.182. The monoisotopic (exact) mass is 336 g/mol. The van der Waals surface area contributed by atoms with Gasteiger partial charge in [-0.1, -0.05) is 0 Å². The minimum absolute atomic E-state index is 0.0836. The first kappa shape index (κ1) is 15.7. The van der Waals surface area contributed by atoms with Crippen LogP contribution in [0.2, 0.25) is 0 Å². The van der Waals surface area contributed by atoms with E-state index in [4.69, 9.17) is 4.74 Å². The molecule has 0 spiro atoms. The molecule has 4 nitrogen and oxygen atoms in total. The molecule has 1 atom stereocenters. The van der Waals surface area contributed by atoms with Gasteiger partial charge in [-0.05, 0) is 30.4 Å². The predicted molar refractivity (Wildman–Crippen MR) is 84.9 cm³/mol. The average molecular weight is 336 g/mol. The van der Waals surface area contributed by atoms with Crippen LogP contribution in [0.4, 0.5) is 14.5 Å². The van der Waals surface area contributed by atoms with Crippen molar-refractivity contribution in [2.75, 3.05) is 16.8 Å². The molecule has 7 heteroatoms. The fourth-order valence-corrected chi connectivity index (χ4v) is 3.24. The van der Waals surface area contributed by atoms with E-state index in [-0.39, 0.29) is 17.4 Å². The van der Waals surface area contributed by atoms with E-state index in [1.807, 2.05) is 11.8 Å². The molecule has 0 aliphatic carbocycles. The Bertz CT molecular complexity index is 704. The van der Waals surface area contributed by atoms with Crippen LogP contribution in [0.3, 0.4) is 0 Å².